The molecule has 1 amide bonds. The molecular formula is C21H25N3O5. The molecule has 1 fully saturated rings. The summed E-state index contributed by atoms with van der Waals surface area (Å²) < 4.78 is 12.0. The first-order valence-electron chi connectivity index (χ1n) is 9.58. The van der Waals surface area contributed by atoms with Gasteiger partial charge < -0.3 is 14.4 Å². The molecule has 2 aromatic rings. The van der Waals surface area contributed by atoms with Crippen LogP contribution in [0.4, 0.5) is 4.79 Å². The molecule has 0 saturated carbocycles. The Morgan fingerprint density at radius 1 is 1.34 bits per heavy atom. The second-order valence-corrected chi connectivity index (χ2v) is 6.98. The van der Waals surface area contributed by atoms with Gasteiger partial charge in [0.25, 0.3) is 5.56 Å². The smallest absolute Gasteiger partial charge is 0.410 e. The van der Waals surface area contributed by atoms with Crippen molar-refractivity contribution < 1.29 is 19.1 Å². The van der Waals surface area contributed by atoms with Gasteiger partial charge in [0.15, 0.2) is 5.78 Å². The quantitative estimate of drug-likeness (QED) is 0.663. The van der Waals surface area contributed by atoms with E-state index < -0.39 is 12.1 Å². The first kappa shape index (κ1) is 20.7. The highest BCUT2D eigenvalue weighted by atomic mass is 16.6. The average molecular weight is 399 g/mol. The maximum atomic E-state index is 12.8. The van der Waals surface area contributed by atoms with Gasteiger partial charge in [-0.15, -0.1) is 0 Å². The number of methoxy groups -OCH3 is 1. The van der Waals surface area contributed by atoms with Crippen molar-refractivity contribution in [1.29, 1.82) is 0 Å². The molecule has 1 unspecified atom stereocenters. The number of carbonyl (C=O) groups is 2. The molecule has 154 valence electrons. The van der Waals surface area contributed by atoms with Crippen LogP contribution in [0.3, 0.4) is 0 Å². The lowest BCUT2D eigenvalue weighted by Gasteiger charge is -2.39. The lowest BCUT2D eigenvalue weighted by Crippen LogP contribution is -2.53. The molecule has 0 N–H and O–H groups in total. The van der Waals surface area contributed by atoms with Gasteiger partial charge in [-0.1, -0.05) is 24.8 Å². The third kappa shape index (κ3) is 4.71. The highest BCUT2D eigenvalue weighted by Gasteiger charge is 2.36. The third-order valence-corrected chi connectivity index (χ3v) is 5.09. The van der Waals surface area contributed by atoms with E-state index in [1.807, 2.05) is 0 Å². The highest BCUT2D eigenvalue weighted by Crippen LogP contribution is 2.24. The summed E-state index contributed by atoms with van der Waals surface area (Å²) in [5, 5.41) is 0.463. The van der Waals surface area contributed by atoms with Gasteiger partial charge in [-0.3, -0.25) is 14.2 Å². The minimum absolute atomic E-state index is 0.0704. The van der Waals surface area contributed by atoms with Gasteiger partial charge in [-0.25, -0.2) is 9.78 Å². The van der Waals surface area contributed by atoms with Crippen LogP contribution in [0.25, 0.3) is 10.9 Å². The van der Waals surface area contributed by atoms with E-state index in [9.17, 15) is 14.4 Å². The molecule has 1 saturated heterocycles. The molecule has 2 heterocycles. The molecule has 1 aliphatic rings. The number of aromatic nitrogens is 2. The molecule has 8 nitrogen and oxygen atoms in total. The van der Waals surface area contributed by atoms with Crippen molar-refractivity contribution in [3.63, 3.8) is 0 Å². The van der Waals surface area contributed by atoms with Gasteiger partial charge in [0, 0.05) is 20.1 Å². The number of piperidine rings is 1. The molecule has 29 heavy (non-hydrogen) atoms. The van der Waals surface area contributed by atoms with Gasteiger partial charge in [-0.05, 0) is 25.0 Å². The van der Waals surface area contributed by atoms with Crippen molar-refractivity contribution in [2.45, 2.75) is 38.0 Å². The molecule has 1 aromatic carbocycles. The van der Waals surface area contributed by atoms with Crippen molar-refractivity contribution in [3.05, 3.63) is 53.6 Å². The van der Waals surface area contributed by atoms with E-state index in [2.05, 4.69) is 11.6 Å². The first-order valence-corrected chi connectivity index (χ1v) is 9.58. The van der Waals surface area contributed by atoms with Crippen LogP contribution in [0.2, 0.25) is 0 Å². The van der Waals surface area contributed by atoms with Crippen LogP contribution in [0, 0.1) is 0 Å². The van der Waals surface area contributed by atoms with Gasteiger partial charge in [0.1, 0.15) is 6.61 Å². The van der Waals surface area contributed by atoms with Crippen molar-refractivity contribution >= 4 is 22.8 Å². The Bertz CT molecular complexity index is 955. The van der Waals surface area contributed by atoms with Crippen LogP contribution in [0.15, 0.2) is 48.0 Å². The number of amides is 1. The number of para-hydroxylation sites is 1. The van der Waals surface area contributed by atoms with Crippen molar-refractivity contribution in [2.24, 2.45) is 0 Å². The number of hydrogen-bond acceptors (Lipinski definition) is 6. The van der Waals surface area contributed by atoms with Crippen LogP contribution in [0.1, 0.15) is 19.3 Å². The molecule has 1 aliphatic heterocycles. The maximum absolute atomic E-state index is 12.8. The van der Waals surface area contributed by atoms with Gasteiger partial charge in [-0.2, -0.15) is 0 Å². The fourth-order valence-electron chi connectivity index (χ4n) is 3.68. The summed E-state index contributed by atoms with van der Waals surface area (Å²) in [6, 6.07) is 6.56. The number of nitrogens with zero attached hydrogens (tertiary/aromatic N) is 3. The number of fused-ring (bicyclic) bond motifs is 1. The number of ether oxygens (including phenoxy) is 2. The molecular weight excluding hydrogens is 374 g/mol. The predicted molar refractivity (Wildman–Crippen MR) is 108 cm³/mol. The largest absolute Gasteiger partial charge is 0.445 e. The van der Waals surface area contributed by atoms with Crippen LogP contribution < -0.4 is 5.56 Å². The summed E-state index contributed by atoms with van der Waals surface area (Å²) >= 11 is 0. The number of benzene rings is 1. The van der Waals surface area contributed by atoms with E-state index in [0.29, 0.717) is 17.4 Å². The average Bonchev–Trinajstić information content (AvgIpc) is 2.74. The van der Waals surface area contributed by atoms with E-state index in [4.69, 9.17) is 9.47 Å². The zero-order valence-corrected chi connectivity index (χ0v) is 16.5. The zero-order valence-electron chi connectivity index (χ0n) is 16.5. The lowest BCUT2D eigenvalue weighted by atomic mass is 9.94. The van der Waals surface area contributed by atoms with Gasteiger partial charge in [0.05, 0.1) is 35.9 Å². The Balaban J connectivity index is 1.76. The van der Waals surface area contributed by atoms with E-state index in [-0.39, 0.29) is 37.0 Å². The fraction of sp³-hybridized carbons (Fsp3) is 0.429. The Labute approximate surface area is 168 Å². The minimum atomic E-state index is -0.492. The lowest BCUT2D eigenvalue weighted by molar-refractivity contribution is -0.122. The topological polar surface area (TPSA) is 90.7 Å². The SMILES string of the molecule is C=CCOC(=O)N1CCCC(OC)[C@@H]1CC(=O)Cn1cnc2ccccc2c1=O. The number of rotatable bonds is 7. The normalized spacial score (nSPS) is 19.1. The second kappa shape index (κ2) is 9.47. The minimum Gasteiger partial charge on any atom is -0.445 e. The van der Waals surface area contributed by atoms with Crippen molar-refractivity contribution in [1.82, 2.24) is 14.5 Å². The molecule has 0 bridgehead atoms. The van der Waals surface area contributed by atoms with Crippen LogP contribution in [0.5, 0.6) is 0 Å². The van der Waals surface area contributed by atoms with Crippen LogP contribution >= 0.6 is 0 Å². The summed E-state index contributed by atoms with van der Waals surface area (Å²) in [6.07, 6.45) is 3.70. The molecule has 3 rings (SSSR count). The van der Waals surface area contributed by atoms with Gasteiger partial charge >= 0.3 is 6.09 Å². The standard InChI is InChI=1S/C21H25N3O5/c1-3-11-29-21(27)24-10-6-9-19(28-2)18(24)12-15(25)13-23-14-22-17-8-5-4-7-16(17)20(23)26/h3-5,7-8,14,18-19H,1,6,9-13H2,2H3/t18-,19?/m0/s1. The molecule has 0 aliphatic carbocycles. The predicted octanol–water partition coefficient (Wildman–Crippen LogP) is 2.16. The summed E-state index contributed by atoms with van der Waals surface area (Å²) in [6.45, 7) is 4.02. The van der Waals surface area contributed by atoms with Gasteiger partial charge in [0.2, 0.25) is 0 Å². The van der Waals surface area contributed by atoms with E-state index in [0.717, 1.165) is 12.8 Å². The van der Waals surface area contributed by atoms with E-state index in [1.54, 1.807) is 36.3 Å². The zero-order chi connectivity index (χ0) is 20.8. The second-order valence-electron chi connectivity index (χ2n) is 6.98. The number of hydrogen-bond donors (Lipinski definition) is 0. The molecule has 1 aromatic heterocycles. The maximum Gasteiger partial charge on any atom is 0.410 e. The molecule has 0 spiro atoms. The number of likely N-dealkylation sites (tertiary alicyclic amines) is 1. The van der Waals surface area contributed by atoms with Crippen LogP contribution in [-0.2, 0) is 20.8 Å². The van der Waals surface area contributed by atoms with Crippen molar-refractivity contribution in [3.8, 4) is 0 Å². The summed E-state index contributed by atoms with van der Waals surface area (Å²) in [5.74, 6) is -0.181. The molecule has 0 radical (unpaired) electrons. The third-order valence-electron chi connectivity index (χ3n) is 5.09. The van der Waals surface area contributed by atoms with E-state index >= 15 is 0 Å². The monoisotopic (exact) mass is 399 g/mol. The fourth-order valence-corrected chi connectivity index (χ4v) is 3.68. The number of carbonyl (C=O) groups excluding carboxylic acids is 2. The molecule has 8 heteroatoms. The summed E-state index contributed by atoms with van der Waals surface area (Å²) in [5.41, 5.74) is 0.321. The summed E-state index contributed by atoms with van der Waals surface area (Å²) in [7, 11) is 1.57. The Morgan fingerprint density at radius 3 is 2.90 bits per heavy atom. The molecule has 2 atom stereocenters. The Kier molecular flexibility index (Phi) is 6.77. The van der Waals surface area contributed by atoms with Crippen molar-refractivity contribution in [2.75, 3.05) is 20.3 Å². The number of Topliss-reactive ketones (excluding diaryl/α,β-unsaturated/α-hetero) is 1. The van der Waals surface area contributed by atoms with E-state index in [1.165, 1.54) is 17.0 Å². The first-order chi connectivity index (χ1) is 14.0. The Hall–Kier alpha value is -3.00. The highest BCUT2D eigenvalue weighted by molar-refractivity contribution is 5.81. The number of ketones is 1. The van der Waals surface area contributed by atoms with Crippen LogP contribution in [-0.4, -0.2) is 58.7 Å². The summed E-state index contributed by atoms with van der Waals surface area (Å²) in [4.78, 5) is 43.6. The Morgan fingerprint density at radius 2 is 2.14 bits per heavy atom.